The molecular weight excluding hydrogens is 398 g/mol. The summed E-state index contributed by atoms with van der Waals surface area (Å²) in [6.45, 7) is 3.64. The van der Waals surface area contributed by atoms with Crippen LogP contribution in [0.15, 0.2) is 59.5 Å². The number of sulfonamides is 1. The number of hydrogen-bond acceptors (Lipinski definition) is 4. The minimum atomic E-state index is -3.53. The maximum absolute atomic E-state index is 13.0. The summed E-state index contributed by atoms with van der Waals surface area (Å²) in [6, 6.07) is 17.2. The Morgan fingerprint density at radius 3 is 2.07 bits per heavy atom. The van der Waals surface area contributed by atoms with Gasteiger partial charge in [-0.25, -0.2) is 8.42 Å². The number of anilines is 1. The molecule has 0 radical (unpaired) electrons. The van der Waals surface area contributed by atoms with Crippen LogP contribution < -0.4 is 4.90 Å². The fourth-order valence-electron chi connectivity index (χ4n) is 4.19. The van der Waals surface area contributed by atoms with E-state index in [1.807, 2.05) is 42.5 Å². The molecule has 2 aliphatic heterocycles. The van der Waals surface area contributed by atoms with Crippen molar-refractivity contribution in [2.24, 2.45) is 0 Å². The maximum Gasteiger partial charge on any atom is 0.243 e. The van der Waals surface area contributed by atoms with Crippen molar-refractivity contribution in [3.05, 3.63) is 60.2 Å². The molecule has 7 heteroatoms. The van der Waals surface area contributed by atoms with Gasteiger partial charge in [-0.05, 0) is 49.1 Å². The van der Waals surface area contributed by atoms with Gasteiger partial charge in [0.05, 0.1) is 4.90 Å². The Morgan fingerprint density at radius 1 is 0.800 bits per heavy atom. The van der Waals surface area contributed by atoms with Crippen LogP contribution in [0.25, 0.3) is 0 Å². The van der Waals surface area contributed by atoms with E-state index in [-0.39, 0.29) is 5.91 Å². The first-order chi connectivity index (χ1) is 14.5. The van der Waals surface area contributed by atoms with Crippen molar-refractivity contribution >= 4 is 21.6 Å². The molecule has 2 aliphatic rings. The van der Waals surface area contributed by atoms with Gasteiger partial charge in [0.2, 0.25) is 15.9 Å². The second kappa shape index (κ2) is 9.18. The number of amides is 1. The van der Waals surface area contributed by atoms with Crippen LogP contribution in [0.2, 0.25) is 0 Å². The van der Waals surface area contributed by atoms with Crippen LogP contribution in [0.5, 0.6) is 0 Å². The number of benzene rings is 2. The standard InChI is InChI=1S/C23H29N3O3S/c27-23(13-8-20-6-2-1-3-7-20)25-16-18-26(19-17-25)30(28,29)22-11-9-21(10-12-22)24-14-4-5-15-24/h1-3,6-7,9-12H,4-5,8,13-19H2. The third-order valence-electron chi connectivity index (χ3n) is 6.01. The molecule has 0 aliphatic carbocycles. The Hall–Kier alpha value is -2.38. The van der Waals surface area contributed by atoms with Crippen molar-refractivity contribution < 1.29 is 13.2 Å². The third kappa shape index (κ3) is 4.68. The van der Waals surface area contributed by atoms with Crippen molar-refractivity contribution in [2.75, 3.05) is 44.2 Å². The molecular formula is C23H29N3O3S. The summed E-state index contributed by atoms with van der Waals surface area (Å²) in [5.74, 6) is 0.0888. The lowest BCUT2D eigenvalue weighted by atomic mass is 10.1. The first-order valence-corrected chi connectivity index (χ1v) is 12.1. The Kier molecular flexibility index (Phi) is 6.39. The normalized spacial score (nSPS) is 18.0. The molecule has 160 valence electrons. The molecule has 0 bridgehead atoms. The fraction of sp³-hybridized carbons (Fsp3) is 0.435. The summed E-state index contributed by atoms with van der Waals surface area (Å²) in [5.41, 5.74) is 2.23. The van der Waals surface area contributed by atoms with E-state index in [2.05, 4.69) is 4.90 Å². The SMILES string of the molecule is O=C(CCc1ccccc1)N1CCN(S(=O)(=O)c2ccc(N3CCCC3)cc2)CC1. The molecule has 4 rings (SSSR count). The van der Waals surface area contributed by atoms with E-state index in [1.54, 1.807) is 17.0 Å². The van der Waals surface area contributed by atoms with E-state index < -0.39 is 10.0 Å². The van der Waals surface area contributed by atoms with Gasteiger partial charge in [0, 0.05) is 51.4 Å². The number of nitrogens with zero attached hydrogens (tertiary/aromatic N) is 3. The monoisotopic (exact) mass is 427 g/mol. The predicted octanol–water partition coefficient (Wildman–Crippen LogP) is 2.75. The molecule has 0 unspecified atom stereocenters. The quantitative estimate of drug-likeness (QED) is 0.711. The Labute approximate surface area is 179 Å². The van der Waals surface area contributed by atoms with Gasteiger partial charge in [-0.1, -0.05) is 30.3 Å². The lowest BCUT2D eigenvalue weighted by Gasteiger charge is -2.34. The van der Waals surface area contributed by atoms with Crippen molar-refractivity contribution in [1.82, 2.24) is 9.21 Å². The maximum atomic E-state index is 13.0. The van der Waals surface area contributed by atoms with Crippen LogP contribution in [0.1, 0.15) is 24.8 Å². The van der Waals surface area contributed by atoms with E-state index >= 15 is 0 Å². The molecule has 0 aromatic heterocycles. The van der Waals surface area contributed by atoms with Crippen LogP contribution in [-0.4, -0.2) is 62.8 Å². The average molecular weight is 428 g/mol. The molecule has 0 spiro atoms. The summed E-state index contributed by atoms with van der Waals surface area (Å²) >= 11 is 0. The van der Waals surface area contributed by atoms with Gasteiger partial charge in [0.15, 0.2) is 0 Å². The predicted molar refractivity (Wildman–Crippen MR) is 118 cm³/mol. The molecule has 6 nitrogen and oxygen atoms in total. The summed E-state index contributed by atoms with van der Waals surface area (Å²) in [5, 5.41) is 0. The van der Waals surface area contributed by atoms with Crippen molar-refractivity contribution in [3.63, 3.8) is 0 Å². The minimum Gasteiger partial charge on any atom is -0.372 e. The third-order valence-corrected chi connectivity index (χ3v) is 7.92. The van der Waals surface area contributed by atoms with Crippen LogP contribution in [0.3, 0.4) is 0 Å². The van der Waals surface area contributed by atoms with Crippen LogP contribution in [-0.2, 0) is 21.2 Å². The smallest absolute Gasteiger partial charge is 0.243 e. The van der Waals surface area contributed by atoms with Gasteiger partial charge < -0.3 is 9.80 Å². The lowest BCUT2D eigenvalue weighted by molar-refractivity contribution is -0.132. The zero-order chi connectivity index (χ0) is 21.0. The lowest BCUT2D eigenvalue weighted by Crippen LogP contribution is -2.50. The highest BCUT2D eigenvalue weighted by Gasteiger charge is 2.30. The van der Waals surface area contributed by atoms with Crippen LogP contribution in [0, 0.1) is 0 Å². The van der Waals surface area contributed by atoms with E-state index in [0.717, 1.165) is 24.3 Å². The summed E-state index contributed by atoms with van der Waals surface area (Å²) in [7, 11) is -3.53. The van der Waals surface area contributed by atoms with E-state index in [1.165, 1.54) is 17.1 Å². The molecule has 30 heavy (non-hydrogen) atoms. The zero-order valence-corrected chi connectivity index (χ0v) is 18.1. The Bertz CT molecular complexity index is 947. The first kappa shape index (κ1) is 20.9. The highest BCUT2D eigenvalue weighted by molar-refractivity contribution is 7.89. The van der Waals surface area contributed by atoms with Gasteiger partial charge >= 0.3 is 0 Å². The summed E-state index contributed by atoms with van der Waals surface area (Å²) < 4.78 is 27.5. The van der Waals surface area contributed by atoms with Crippen molar-refractivity contribution in [2.45, 2.75) is 30.6 Å². The highest BCUT2D eigenvalue weighted by atomic mass is 32.2. The van der Waals surface area contributed by atoms with Gasteiger partial charge in [0.25, 0.3) is 0 Å². The minimum absolute atomic E-state index is 0.0888. The zero-order valence-electron chi connectivity index (χ0n) is 17.2. The Balaban J connectivity index is 1.31. The highest BCUT2D eigenvalue weighted by Crippen LogP contribution is 2.24. The van der Waals surface area contributed by atoms with Gasteiger partial charge in [-0.3, -0.25) is 4.79 Å². The van der Waals surface area contributed by atoms with Gasteiger partial charge in [-0.15, -0.1) is 0 Å². The Morgan fingerprint density at radius 2 is 1.43 bits per heavy atom. The van der Waals surface area contributed by atoms with Crippen LogP contribution >= 0.6 is 0 Å². The number of rotatable bonds is 6. The molecule has 2 fully saturated rings. The number of carbonyl (C=O) groups is 1. The largest absolute Gasteiger partial charge is 0.372 e. The second-order valence-electron chi connectivity index (χ2n) is 7.96. The number of aryl methyl sites for hydroxylation is 1. The second-order valence-corrected chi connectivity index (χ2v) is 9.90. The molecule has 0 saturated carbocycles. The molecule has 1 amide bonds. The van der Waals surface area contributed by atoms with Gasteiger partial charge in [0.1, 0.15) is 0 Å². The van der Waals surface area contributed by atoms with Gasteiger partial charge in [-0.2, -0.15) is 4.31 Å². The van der Waals surface area contributed by atoms with Crippen LogP contribution in [0.4, 0.5) is 5.69 Å². The molecule has 2 aromatic rings. The number of piperazine rings is 1. The first-order valence-electron chi connectivity index (χ1n) is 10.7. The van der Waals surface area contributed by atoms with E-state index in [0.29, 0.717) is 43.9 Å². The summed E-state index contributed by atoms with van der Waals surface area (Å²) in [6.07, 6.45) is 3.54. The fourth-order valence-corrected chi connectivity index (χ4v) is 5.61. The molecule has 2 heterocycles. The summed E-state index contributed by atoms with van der Waals surface area (Å²) in [4.78, 5) is 16.9. The topological polar surface area (TPSA) is 60.9 Å². The average Bonchev–Trinajstić information content (AvgIpc) is 3.33. The van der Waals surface area contributed by atoms with E-state index in [4.69, 9.17) is 0 Å². The number of carbonyl (C=O) groups excluding carboxylic acids is 1. The van der Waals surface area contributed by atoms with E-state index in [9.17, 15) is 13.2 Å². The van der Waals surface area contributed by atoms with Crippen molar-refractivity contribution in [1.29, 1.82) is 0 Å². The molecule has 0 atom stereocenters. The van der Waals surface area contributed by atoms with Crippen molar-refractivity contribution in [3.8, 4) is 0 Å². The molecule has 2 saturated heterocycles. The molecule has 2 aromatic carbocycles. The number of hydrogen-bond donors (Lipinski definition) is 0. The molecule has 0 N–H and O–H groups in total.